The van der Waals surface area contributed by atoms with Gasteiger partial charge >= 0.3 is 0 Å². The molecule has 0 spiro atoms. The van der Waals surface area contributed by atoms with Crippen LogP contribution < -0.4 is 5.32 Å². The lowest BCUT2D eigenvalue weighted by Gasteiger charge is -2.24. The molecule has 0 saturated carbocycles. The van der Waals surface area contributed by atoms with E-state index in [4.69, 9.17) is 14.4 Å². The quantitative estimate of drug-likeness (QED) is 0.212. The highest BCUT2D eigenvalue weighted by atomic mass is 16.3. The number of furan rings is 1. The van der Waals surface area contributed by atoms with Gasteiger partial charge in [-0.2, -0.15) is 0 Å². The van der Waals surface area contributed by atoms with Crippen LogP contribution in [0.15, 0.2) is 166 Å². The van der Waals surface area contributed by atoms with Crippen LogP contribution in [0.25, 0.3) is 54.6 Å². The molecule has 1 atom stereocenters. The molecule has 4 heteroatoms. The van der Waals surface area contributed by atoms with Gasteiger partial charge in [-0.25, -0.2) is 9.98 Å². The van der Waals surface area contributed by atoms with Crippen molar-refractivity contribution in [2.45, 2.75) is 6.17 Å². The first-order valence-corrected chi connectivity index (χ1v) is 15.2. The fourth-order valence-corrected chi connectivity index (χ4v) is 6.58. The van der Waals surface area contributed by atoms with Crippen molar-refractivity contribution >= 4 is 55.2 Å². The van der Waals surface area contributed by atoms with E-state index < -0.39 is 6.17 Å². The Labute approximate surface area is 260 Å². The number of nitrogens with zero attached hydrogens (tertiary/aromatic N) is 2. The molecule has 4 nitrogen and oxygen atoms in total. The summed E-state index contributed by atoms with van der Waals surface area (Å²) in [6.45, 7) is 0. The molecule has 1 aliphatic heterocycles. The lowest BCUT2D eigenvalue weighted by Crippen LogP contribution is -2.36. The maximum atomic E-state index is 6.37. The van der Waals surface area contributed by atoms with Gasteiger partial charge in [0.05, 0.1) is 0 Å². The number of amidine groups is 2. The van der Waals surface area contributed by atoms with Crippen molar-refractivity contribution in [3.63, 3.8) is 0 Å². The zero-order chi connectivity index (χ0) is 29.7. The molecule has 212 valence electrons. The highest BCUT2D eigenvalue weighted by Crippen LogP contribution is 2.39. The van der Waals surface area contributed by atoms with Crippen molar-refractivity contribution in [2.24, 2.45) is 9.98 Å². The highest BCUT2D eigenvalue weighted by Gasteiger charge is 2.26. The summed E-state index contributed by atoms with van der Waals surface area (Å²) in [7, 11) is 0. The Kier molecular flexibility index (Phi) is 5.85. The van der Waals surface area contributed by atoms with Crippen molar-refractivity contribution in [2.75, 3.05) is 0 Å². The average Bonchev–Trinajstić information content (AvgIpc) is 3.50. The van der Waals surface area contributed by atoms with Crippen LogP contribution in [0.1, 0.15) is 22.9 Å². The smallest absolute Gasteiger partial charge is 0.169 e. The van der Waals surface area contributed by atoms with E-state index in [1.54, 1.807) is 0 Å². The minimum Gasteiger partial charge on any atom is -0.456 e. The fraction of sp³-hybridized carbons (Fsp3) is 0.0244. The molecule has 2 heterocycles. The molecule has 1 aromatic heterocycles. The average molecular weight is 578 g/mol. The van der Waals surface area contributed by atoms with Gasteiger partial charge in [0.2, 0.25) is 0 Å². The first-order chi connectivity index (χ1) is 22.3. The SMILES string of the molecule is c1ccc(C2=NC(c3ccc4c(ccc5ccccc54)c3)N=C(c3c(-c4ccccc4)ccc4oc5ccccc5c34)N2)cc1. The molecular formula is C41H27N3O. The van der Waals surface area contributed by atoms with Crippen LogP contribution in [-0.2, 0) is 0 Å². The molecule has 1 unspecified atom stereocenters. The molecule has 9 rings (SSSR count). The van der Waals surface area contributed by atoms with Gasteiger partial charge < -0.3 is 9.73 Å². The van der Waals surface area contributed by atoms with Crippen LogP contribution in [0, 0.1) is 0 Å². The summed E-state index contributed by atoms with van der Waals surface area (Å²) in [6.07, 6.45) is -0.440. The molecule has 0 saturated heterocycles. The Morgan fingerprint density at radius 1 is 0.489 bits per heavy atom. The molecule has 1 aliphatic rings. The Bertz CT molecular complexity index is 2460. The number of para-hydroxylation sites is 1. The lowest BCUT2D eigenvalue weighted by molar-refractivity contribution is 0.669. The van der Waals surface area contributed by atoms with Crippen molar-refractivity contribution < 1.29 is 4.42 Å². The zero-order valence-corrected chi connectivity index (χ0v) is 24.3. The highest BCUT2D eigenvalue weighted by molar-refractivity contribution is 6.26. The van der Waals surface area contributed by atoms with E-state index in [-0.39, 0.29) is 0 Å². The number of hydrogen-bond acceptors (Lipinski definition) is 4. The summed E-state index contributed by atoms with van der Waals surface area (Å²) in [6, 6.07) is 52.7. The molecule has 7 aromatic carbocycles. The number of nitrogens with one attached hydrogen (secondary N) is 1. The molecule has 45 heavy (non-hydrogen) atoms. The number of rotatable bonds is 4. The second-order valence-corrected chi connectivity index (χ2v) is 11.4. The lowest BCUT2D eigenvalue weighted by atomic mass is 9.93. The Morgan fingerprint density at radius 2 is 1.16 bits per heavy atom. The van der Waals surface area contributed by atoms with E-state index in [0.717, 1.165) is 61.4 Å². The van der Waals surface area contributed by atoms with Crippen molar-refractivity contribution in [1.82, 2.24) is 5.32 Å². The minimum absolute atomic E-state index is 0.440. The van der Waals surface area contributed by atoms with Crippen LogP contribution in [0.3, 0.4) is 0 Å². The summed E-state index contributed by atoms with van der Waals surface area (Å²) >= 11 is 0. The van der Waals surface area contributed by atoms with E-state index in [2.05, 4.69) is 121 Å². The number of benzene rings is 7. The normalized spacial score (nSPS) is 14.9. The predicted molar refractivity (Wildman–Crippen MR) is 186 cm³/mol. The molecule has 1 N–H and O–H groups in total. The first-order valence-electron chi connectivity index (χ1n) is 15.2. The molecule has 8 aromatic rings. The van der Waals surface area contributed by atoms with Gasteiger partial charge in [0, 0.05) is 21.9 Å². The number of aliphatic imine (C=N–C) groups is 2. The van der Waals surface area contributed by atoms with Crippen LogP contribution in [0.2, 0.25) is 0 Å². The molecule has 0 radical (unpaired) electrons. The second-order valence-electron chi connectivity index (χ2n) is 11.4. The second kappa shape index (κ2) is 10.3. The number of hydrogen-bond donors (Lipinski definition) is 1. The monoisotopic (exact) mass is 577 g/mol. The van der Waals surface area contributed by atoms with Crippen LogP contribution in [0.4, 0.5) is 0 Å². The number of fused-ring (bicyclic) bond motifs is 6. The largest absolute Gasteiger partial charge is 0.456 e. The Balaban J connectivity index is 1.29. The summed E-state index contributed by atoms with van der Waals surface area (Å²) in [4.78, 5) is 10.6. The van der Waals surface area contributed by atoms with Crippen LogP contribution >= 0.6 is 0 Å². The third-order valence-corrected chi connectivity index (χ3v) is 8.72. The first kappa shape index (κ1) is 25.5. The summed E-state index contributed by atoms with van der Waals surface area (Å²) < 4.78 is 6.37. The van der Waals surface area contributed by atoms with E-state index >= 15 is 0 Å². The van der Waals surface area contributed by atoms with E-state index in [9.17, 15) is 0 Å². The summed E-state index contributed by atoms with van der Waals surface area (Å²) in [5.41, 5.74) is 6.92. The molecule has 0 amide bonds. The van der Waals surface area contributed by atoms with Gasteiger partial charge in [-0.05, 0) is 62.5 Å². The Hall–Kier alpha value is -6.00. The van der Waals surface area contributed by atoms with Crippen LogP contribution in [-0.4, -0.2) is 11.7 Å². The summed E-state index contributed by atoms with van der Waals surface area (Å²) in [5.74, 6) is 1.55. The predicted octanol–water partition coefficient (Wildman–Crippen LogP) is 10.1. The van der Waals surface area contributed by atoms with Gasteiger partial charge in [0.25, 0.3) is 0 Å². The Morgan fingerprint density at radius 3 is 2.00 bits per heavy atom. The molecule has 0 aliphatic carbocycles. The minimum atomic E-state index is -0.440. The van der Waals surface area contributed by atoms with E-state index in [0.29, 0.717) is 0 Å². The van der Waals surface area contributed by atoms with Gasteiger partial charge in [0.1, 0.15) is 22.8 Å². The van der Waals surface area contributed by atoms with Crippen molar-refractivity contribution in [3.05, 3.63) is 168 Å². The topological polar surface area (TPSA) is 49.9 Å². The third-order valence-electron chi connectivity index (χ3n) is 8.72. The third kappa shape index (κ3) is 4.30. The molecule has 0 fully saturated rings. The van der Waals surface area contributed by atoms with Gasteiger partial charge in [-0.3, -0.25) is 0 Å². The maximum Gasteiger partial charge on any atom is 0.169 e. The van der Waals surface area contributed by atoms with E-state index in [1.165, 1.54) is 21.5 Å². The summed E-state index contributed by atoms with van der Waals surface area (Å²) in [5, 5.41) is 10.6. The van der Waals surface area contributed by atoms with Crippen molar-refractivity contribution in [1.29, 1.82) is 0 Å². The molecular weight excluding hydrogens is 550 g/mol. The zero-order valence-electron chi connectivity index (χ0n) is 24.3. The standard InChI is InChI=1S/C41H27N3O/c1-3-11-26(12-4-1)33-23-24-36-37(34-17-9-10-18-35(34)45-36)38(33)41-43-39(28-14-5-2-6-15-28)42-40(44-41)30-21-22-32-29(25-30)20-19-27-13-7-8-16-31(27)32/h1-25,40H,(H,42,43,44). The maximum absolute atomic E-state index is 6.37. The van der Waals surface area contributed by atoms with Gasteiger partial charge in [-0.1, -0.05) is 127 Å². The molecule has 0 bridgehead atoms. The van der Waals surface area contributed by atoms with Gasteiger partial charge in [-0.15, -0.1) is 0 Å². The van der Waals surface area contributed by atoms with E-state index in [1.807, 2.05) is 36.4 Å². The van der Waals surface area contributed by atoms with Gasteiger partial charge in [0.15, 0.2) is 6.17 Å². The van der Waals surface area contributed by atoms with Crippen molar-refractivity contribution in [3.8, 4) is 11.1 Å². The van der Waals surface area contributed by atoms with Crippen LogP contribution in [0.5, 0.6) is 0 Å². The fourth-order valence-electron chi connectivity index (χ4n) is 6.58.